The van der Waals surface area contributed by atoms with Gasteiger partial charge in [0.1, 0.15) is 0 Å². The molecule has 0 saturated carbocycles. The predicted molar refractivity (Wildman–Crippen MR) is 91.5 cm³/mol. The average Bonchev–Trinajstić information content (AvgIpc) is 2.79. The molecule has 1 aromatic heterocycles. The van der Waals surface area contributed by atoms with Crippen LogP contribution in [0.25, 0.3) is 0 Å². The minimum absolute atomic E-state index is 0.392. The maximum atomic E-state index is 4.57. The first-order chi connectivity index (χ1) is 10.2. The van der Waals surface area contributed by atoms with Crippen molar-refractivity contribution in [1.29, 1.82) is 0 Å². The lowest BCUT2D eigenvalue weighted by Gasteiger charge is -2.18. The van der Waals surface area contributed by atoms with Crippen LogP contribution in [0.3, 0.4) is 0 Å². The van der Waals surface area contributed by atoms with Gasteiger partial charge in [-0.25, -0.2) is 0 Å². The molecule has 0 fully saturated rings. The van der Waals surface area contributed by atoms with E-state index >= 15 is 0 Å². The molecular weight excluding hydrogens is 326 g/mol. The van der Waals surface area contributed by atoms with Crippen molar-refractivity contribution in [2.45, 2.75) is 46.2 Å². The van der Waals surface area contributed by atoms with Crippen molar-refractivity contribution in [2.75, 3.05) is 6.54 Å². The van der Waals surface area contributed by atoms with E-state index in [9.17, 15) is 0 Å². The standard InChI is InChI=1S/C17H24BrN3/c1-4-19-15(14-9-7-6-8-10-14)11-12-16-17(18)13(3)20-21(16)5-2/h6-10,15,19H,4-5,11-12H2,1-3H3. The van der Waals surface area contributed by atoms with Crippen LogP contribution >= 0.6 is 15.9 Å². The van der Waals surface area contributed by atoms with Crippen molar-refractivity contribution < 1.29 is 0 Å². The summed E-state index contributed by atoms with van der Waals surface area (Å²) in [5.41, 5.74) is 3.73. The molecule has 1 N–H and O–H groups in total. The van der Waals surface area contributed by atoms with Gasteiger partial charge in [0.25, 0.3) is 0 Å². The third-order valence-corrected chi connectivity index (χ3v) is 4.81. The molecule has 0 spiro atoms. The molecular formula is C17H24BrN3. The molecule has 0 aliphatic heterocycles. The number of aromatic nitrogens is 2. The van der Waals surface area contributed by atoms with Gasteiger partial charge < -0.3 is 5.32 Å². The van der Waals surface area contributed by atoms with E-state index in [4.69, 9.17) is 0 Å². The lowest BCUT2D eigenvalue weighted by molar-refractivity contribution is 0.500. The highest BCUT2D eigenvalue weighted by Crippen LogP contribution is 2.25. The van der Waals surface area contributed by atoms with E-state index in [1.165, 1.54) is 11.3 Å². The zero-order chi connectivity index (χ0) is 15.2. The second kappa shape index (κ2) is 7.76. The van der Waals surface area contributed by atoms with Crippen LogP contribution in [0.1, 0.15) is 43.3 Å². The Labute approximate surface area is 135 Å². The van der Waals surface area contributed by atoms with Crippen molar-refractivity contribution in [3.05, 3.63) is 51.8 Å². The minimum atomic E-state index is 0.392. The number of nitrogens with zero attached hydrogens (tertiary/aromatic N) is 2. The normalized spacial score (nSPS) is 12.6. The Morgan fingerprint density at radius 3 is 2.57 bits per heavy atom. The molecule has 2 aromatic rings. The van der Waals surface area contributed by atoms with Gasteiger partial charge in [0.2, 0.25) is 0 Å². The van der Waals surface area contributed by atoms with Gasteiger partial charge in [0.05, 0.1) is 15.9 Å². The fraction of sp³-hybridized carbons (Fsp3) is 0.471. The summed E-state index contributed by atoms with van der Waals surface area (Å²) >= 11 is 3.68. The Bertz CT molecular complexity index is 563. The Morgan fingerprint density at radius 2 is 1.95 bits per heavy atom. The SMILES string of the molecule is CCNC(CCc1c(Br)c(C)nn1CC)c1ccccc1. The molecule has 0 amide bonds. The second-order valence-corrected chi connectivity index (χ2v) is 6.01. The van der Waals surface area contributed by atoms with E-state index in [0.29, 0.717) is 6.04 Å². The van der Waals surface area contributed by atoms with Gasteiger partial charge in [-0.15, -0.1) is 0 Å². The van der Waals surface area contributed by atoms with E-state index < -0.39 is 0 Å². The molecule has 4 heteroatoms. The summed E-state index contributed by atoms with van der Waals surface area (Å²) in [6, 6.07) is 11.1. The topological polar surface area (TPSA) is 29.9 Å². The highest BCUT2D eigenvalue weighted by Gasteiger charge is 2.15. The van der Waals surface area contributed by atoms with E-state index in [2.05, 4.69) is 82.1 Å². The van der Waals surface area contributed by atoms with Gasteiger partial charge in [0.15, 0.2) is 0 Å². The fourth-order valence-electron chi connectivity index (χ4n) is 2.71. The molecule has 0 bridgehead atoms. The van der Waals surface area contributed by atoms with Gasteiger partial charge in [-0.2, -0.15) is 5.10 Å². The zero-order valence-corrected chi connectivity index (χ0v) is 14.7. The zero-order valence-electron chi connectivity index (χ0n) is 13.1. The van der Waals surface area contributed by atoms with Crippen LogP contribution in [-0.4, -0.2) is 16.3 Å². The first kappa shape index (κ1) is 16.2. The van der Waals surface area contributed by atoms with Gasteiger partial charge >= 0.3 is 0 Å². The number of hydrogen-bond acceptors (Lipinski definition) is 2. The molecule has 1 heterocycles. The summed E-state index contributed by atoms with van der Waals surface area (Å²) in [6.07, 6.45) is 2.09. The monoisotopic (exact) mass is 349 g/mol. The van der Waals surface area contributed by atoms with Crippen molar-refractivity contribution in [3.63, 3.8) is 0 Å². The van der Waals surface area contributed by atoms with Crippen LogP contribution < -0.4 is 5.32 Å². The first-order valence-corrected chi connectivity index (χ1v) is 8.46. The summed E-state index contributed by atoms with van der Waals surface area (Å²) in [7, 11) is 0. The molecule has 3 nitrogen and oxygen atoms in total. The van der Waals surface area contributed by atoms with Crippen molar-refractivity contribution in [1.82, 2.24) is 15.1 Å². The summed E-state index contributed by atoms with van der Waals surface area (Å²) in [5.74, 6) is 0. The van der Waals surface area contributed by atoms with Crippen LogP contribution in [0.4, 0.5) is 0 Å². The lowest BCUT2D eigenvalue weighted by Crippen LogP contribution is -2.22. The van der Waals surface area contributed by atoms with Crippen LogP contribution in [0, 0.1) is 6.92 Å². The molecule has 2 rings (SSSR count). The summed E-state index contributed by atoms with van der Waals surface area (Å²) < 4.78 is 3.26. The lowest BCUT2D eigenvalue weighted by atomic mass is 10.0. The summed E-state index contributed by atoms with van der Waals surface area (Å²) in [5, 5.41) is 8.16. The van der Waals surface area contributed by atoms with Crippen LogP contribution in [0.15, 0.2) is 34.8 Å². The van der Waals surface area contributed by atoms with Gasteiger partial charge in [-0.1, -0.05) is 37.3 Å². The van der Waals surface area contributed by atoms with E-state index in [1.54, 1.807) is 0 Å². The van der Waals surface area contributed by atoms with Crippen LogP contribution in [-0.2, 0) is 13.0 Å². The molecule has 1 aromatic carbocycles. The summed E-state index contributed by atoms with van der Waals surface area (Å²) in [6.45, 7) is 8.25. The number of halogens is 1. The second-order valence-electron chi connectivity index (χ2n) is 5.22. The van der Waals surface area contributed by atoms with Gasteiger partial charge in [-0.3, -0.25) is 4.68 Å². The molecule has 0 saturated heterocycles. The van der Waals surface area contributed by atoms with Gasteiger partial charge in [0, 0.05) is 12.6 Å². The van der Waals surface area contributed by atoms with E-state index in [-0.39, 0.29) is 0 Å². The van der Waals surface area contributed by atoms with Gasteiger partial charge in [-0.05, 0) is 54.7 Å². The highest BCUT2D eigenvalue weighted by atomic mass is 79.9. The Hall–Kier alpha value is -1.13. The minimum Gasteiger partial charge on any atom is -0.310 e. The average molecular weight is 350 g/mol. The van der Waals surface area contributed by atoms with Crippen molar-refractivity contribution >= 4 is 15.9 Å². The Morgan fingerprint density at radius 1 is 1.24 bits per heavy atom. The molecule has 0 aliphatic carbocycles. The Balaban J connectivity index is 2.12. The maximum Gasteiger partial charge on any atom is 0.0738 e. The predicted octanol–water partition coefficient (Wildman–Crippen LogP) is 4.26. The molecule has 21 heavy (non-hydrogen) atoms. The number of hydrogen-bond donors (Lipinski definition) is 1. The van der Waals surface area contributed by atoms with E-state index in [1.807, 2.05) is 0 Å². The largest absolute Gasteiger partial charge is 0.310 e. The number of nitrogens with one attached hydrogen (secondary N) is 1. The van der Waals surface area contributed by atoms with Crippen LogP contribution in [0.2, 0.25) is 0 Å². The number of benzene rings is 1. The smallest absolute Gasteiger partial charge is 0.0738 e. The summed E-state index contributed by atoms with van der Waals surface area (Å²) in [4.78, 5) is 0. The molecule has 1 atom stereocenters. The van der Waals surface area contributed by atoms with E-state index in [0.717, 1.165) is 36.1 Å². The number of aryl methyl sites for hydroxylation is 2. The highest BCUT2D eigenvalue weighted by molar-refractivity contribution is 9.10. The van der Waals surface area contributed by atoms with Crippen LogP contribution in [0.5, 0.6) is 0 Å². The first-order valence-electron chi connectivity index (χ1n) is 7.67. The quantitative estimate of drug-likeness (QED) is 0.809. The third-order valence-electron chi connectivity index (χ3n) is 3.78. The molecule has 1 unspecified atom stereocenters. The van der Waals surface area contributed by atoms with Crippen molar-refractivity contribution in [3.8, 4) is 0 Å². The van der Waals surface area contributed by atoms with Crippen molar-refractivity contribution in [2.24, 2.45) is 0 Å². The molecule has 114 valence electrons. The Kier molecular flexibility index (Phi) is 6.00. The maximum absolute atomic E-state index is 4.57. The number of rotatable bonds is 7. The molecule has 0 aliphatic rings. The fourth-order valence-corrected chi connectivity index (χ4v) is 3.19. The molecule has 0 radical (unpaired) electrons. The third kappa shape index (κ3) is 3.95.